The predicted octanol–water partition coefficient (Wildman–Crippen LogP) is -0.895. The van der Waals surface area contributed by atoms with E-state index in [1.807, 2.05) is 0 Å². The number of hydrogen-bond donors (Lipinski definition) is 5. The molecule has 1 aliphatic heterocycles. The van der Waals surface area contributed by atoms with Gasteiger partial charge in [0.05, 0.1) is 6.54 Å². The van der Waals surface area contributed by atoms with Gasteiger partial charge >= 0.3 is 5.97 Å². The molecule has 0 aromatic carbocycles. The Morgan fingerprint density at radius 1 is 1.41 bits per heavy atom. The van der Waals surface area contributed by atoms with E-state index in [-0.39, 0.29) is 17.6 Å². The third-order valence-electron chi connectivity index (χ3n) is 2.31. The fourth-order valence-corrected chi connectivity index (χ4v) is 1.19. The molecule has 0 aromatic heterocycles. The van der Waals surface area contributed by atoms with E-state index >= 15 is 0 Å². The average Bonchev–Trinajstić information content (AvgIpc) is 2.66. The van der Waals surface area contributed by atoms with Crippen molar-refractivity contribution in [2.45, 2.75) is 39.2 Å². The number of nitrogens with two attached hydrogens (primary N) is 2. The molecule has 0 aromatic rings. The topological polar surface area (TPSA) is 163 Å². The van der Waals surface area contributed by atoms with Gasteiger partial charge in [0, 0.05) is 7.05 Å². The van der Waals surface area contributed by atoms with Gasteiger partial charge in [0.1, 0.15) is 11.8 Å². The van der Waals surface area contributed by atoms with E-state index in [0.717, 1.165) is 12.8 Å². The Morgan fingerprint density at radius 2 is 1.91 bits per heavy atom. The molecule has 0 radical (unpaired) electrons. The second-order valence-electron chi connectivity index (χ2n) is 4.89. The number of nitrogens with zero attached hydrogens (tertiary/aromatic N) is 1. The highest BCUT2D eigenvalue weighted by Gasteiger charge is 2.18. The number of carboxylic acids is 1. The zero-order chi connectivity index (χ0) is 17.7. The Kier molecular flexibility index (Phi) is 12.9. The van der Waals surface area contributed by atoms with Gasteiger partial charge in [0.2, 0.25) is 5.91 Å². The Morgan fingerprint density at radius 3 is 2.14 bits per heavy atom. The molecule has 0 saturated carbocycles. The van der Waals surface area contributed by atoms with Gasteiger partial charge in [0.15, 0.2) is 5.96 Å². The minimum Gasteiger partial charge on any atom is -0.480 e. The summed E-state index contributed by atoms with van der Waals surface area (Å²) in [5.74, 6) is -0.676. The van der Waals surface area contributed by atoms with Crippen molar-refractivity contribution in [1.82, 2.24) is 10.2 Å². The lowest BCUT2D eigenvalue weighted by Crippen LogP contribution is -2.29. The van der Waals surface area contributed by atoms with Crippen LogP contribution < -0.4 is 16.8 Å². The number of rotatable bonds is 5. The molecule has 0 bridgehead atoms. The molecule has 1 saturated heterocycles. The lowest BCUT2D eigenvalue weighted by molar-refractivity contribution is -0.138. The largest absolute Gasteiger partial charge is 0.480 e. The summed E-state index contributed by atoms with van der Waals surface area (Å²) >= 11 is 0. The number of likely N-dealkylation sites (N-methyl/N-ethyl adjacent to an activating group) is 1. The number of Topliss-reactive ketones (excluding diaryl/α,β-unsaturated/α-hetero) is 1. The molecule has 128 valence electrons. The lowest BCUT2D eigenvalue weighted by Gasteiger charge is -2.03. The van der Waals surface area contributed by atoms with Gasteiger partial charge in [-0.05, 0) is 33.2 Å². The highest BCUT2D eigenvalue weighted by molar-refractivity contribution is 6.02. The average molecular weight is 317 g/mol. The van der Waals surface area contributed by atoms with E-state index in [4.69, 9.17) is 22.0 Å². The molecule has 0 aliphatic carbocycles. The number of carboxylic acid groups (broad SMARTS) is 1. The summed E-state index contributed by atoms with van der Waals surface area (Å²) in [6.45, 7) is 3.98. The second-order valence-corrected chi connectivity index (χ2v) is 4.89. The maximum atomic E-state index is 10.4. The van der Waals surface area contributed by atoms with E-state index in [2.05, 4.69) is 5.32 Å². The molecule has 1 heterocycles. The summed E-state index contributed by atoms with van der Waals surface area (Å²) in [6, 6.07) is -0.716. The summed E-state index contributed by atoms with van der Waals surface area (Å²) in [5.41, 5.74) is 10.4. The molecule has 1 atom stereocenters. The van der Waals surface area contributed by atoms with E-state index < -0.39 is 12.0 Å². The number of guanidine groups is 1. The van der Waals surface area contributed by atoms with Crippen LogP contribution in [0.15, 0.2) is 0 Å². The monoisotopic (exact) mass is 317 g/mol. The van der Waals surface area contributed by atoms with Crippen molar-refractivity contribution in [1.29, 1.82) is 5.41 Å². The third kappa shape index (κ3) is 14.4. The van der Waals surface area contributed by atoms with Gasteiger partial charge < -0.3 is 26.3 Å². The van der Waals surface area contributed by atoms with Crippen LogP contribution in [0.4, 0.5) is 0 Å². The van der Waals surface area contributed by atoms with Gasteiger partial charge in [-0.3, -0.25) is 20.3 Å². The summed E-state index contributed by atoms with van der Waals surface area (Å²) in [7, 11) is 1.69. The van der Waals surface area contributed by atoms with Gasteiger partial charge in [-0.15, -0.1) is 0 Å². The number of carbonyl (C=O) groups is 3. The van der Waals surface area contributed by atoms with Crippen LogP contribution in [0.2, 0.25) is 0 Å². The van der Waals surface area contributed by atoms with Gasteiger partial charge in [0.25, 0.3) is 0 Å². The van der Waals surface area contributed by atoms with E-state index in [1.54, 1.807) is 11.9 Å². The summed E-state index contributed by atoms with van der Waals surface area (Å²) in [5, 5.41) is 17.6. The van der Waals surface area contributed by atoms with Gasteiger partial charge in [-0.1, -0.05) is 6.42 Å². The Bertz CT molecular complexity index is 383. The minimum atomic E-state index is -0.933. The second kappa shape index (κ2) is 12.7. The first-order valence-electron chi connectivity index (χ1n) is 6.87. The van der Waals surface area contributed by atoms with Crippen LogP contribution >= 0.6 is 0 Å². The first-order valence-corrected chi connectivity index (χ1v) is 6.87. The van der Waals surface area contributed by atoms with Crippen LogP contribution in [-0.4, -0.2) is 59.8 Å². The fourth-order valence-electron chi connectivity index (χ4n) is 1.19. The Labute approximate surface area is 130 Å². The Hall–Kier alpha value is -2.00. The van der Waals surface area contributed by atoms with Crippen LogP contribution in [0, 0.1) is 5.41 Å². The number of carbonyl (C=O) groups excluding carboxylic acids is 2. The van der Waals surface area contributed by atoms with Crippen LogP contribution in [0.25, 0.3) is 0 Å². The van der Waals surface area contributed by atoms with Crippen LogP contribution in [0.3, 0.4) is 0 Å². The highest BCUT2D eigenvalue weighted by Crippen LogP contribution is 1.97. The van der Waals surface area contributed by atoms with Crippen molar-refractivity contribution in [3.8, 4) is 0 Å². The van der Waals surface area contributed by atoms with E-state index in [0.29, 0.717) is 19.5 Å². The summed E-state index contributed by atoms with van der Waals surface area (Å²) in [4.78, 5) is 31.5. The molecule has 0 unspecified atom stereocenters. The third-order valence-corrected chi connectivity index (χ3v) is 2.31. The first-order chi connectivity index (χ1) is 10.1. The molecule has 1 aliphatic rings. The molecule has 9 nitrogen and oxygen atoms in total. The minimum absolute atomic E-state index is 0.0995. The molecule has 7 N–H and O–H groups in total. The number of nitrogens with one attached hydrogen (secondary N) is 2. The van der Waals surface area contributed by atoms with Crippen molar-refractivity contribution in [2.75, 3.05) is 20.1 Å². The van der Waals surface area contributed by atoms with Gasteiger partial charge in [-0.2, -0.15) is 0 Å². The molecule has 9 heteroatoms. The van der Waals surface area contributed by atoms with Gasteiger partial charge in [-0.25, -0.2) is 0 Å². The van der Waals surface area contributed by atoms with Crippen molar-refractivity contribution in [3.05, 3.63) is 0 Å². The number of ketones is 1. The molecule has 1 amide bonds. The molecule has 22 heavy (non-hydrogen) atoms. The van der Waals surface area contributed by atoms with Crippen LogP contribution in [0.1, 0.15) is 33.1 Å². The first kappa shape index (κ1) is 22.3. The van der Waals surface area contributed by atoms with E-state index in [1.165, 1.54) is 13.8 Å². The predicted molar refractivity (Wildman–Crippen MR) is 83.4 cm³/mol. The molecular weight excluding hydrogens is 290 g/mol. The van der Waals surface area contributed by atoms with Crippen molar-refractivity contribution in [3.63, 3.8) is 0 Å². The van der Waals surface area contributed by atoms with Crippen LogP contribution in [-0.2, 0) is 14.4 Å². The Balaban J connectivity index is 0. The summed E-state index contributed by atoms with van der Waals surface area (Å²) in [6.07, 6.45) is 2.16. The quantitative estimate of drug-likeness (QED) is 0.410. The molecular formula is C13H27N5O4. The normalized spacial score (nSPS) is 14.1. The van der Waals surface area contributed by atoms with Crippen molar-refractivity contribution < 1.29 is 19.5 Å². The van der Waals surface area contributed by atoms with Crippen LogP contribution in [0.5, 0.6) is 0 Å². The number of aliphatic carboxylic acids is 1. The zero-order valence-electron chi connectivity index (χ0n) is 13.4. The molecule has 0 spiro atoms. The lowest BCUT2D eigenvalue weighted by atomic mass is 10.1. The van der Waals surface area contributed by atoms with E-state index in [9.17, 15) is 14.4 Å². The smallest absolute Gasteiger partial charge is 0.320 e. The maximum absolute atomic E-state index is 10.4. The van der Waals surface area contributed by atoms with Crippen molar-refractivity contribution in [2.24, 2.45) is 11.5 Å². The fraction of sp³-hybridized carbons (Fsp3) is 0.692. The SMILES string of the molecule is CC(C)=O.CN1CC(=O)NC1=N.NCCCC[C@H](N)C(=O)O. The highest BCUT2D eigenvalue weighted by atomic mass is 16.4. The number of hydrogen-bond acceptors (Lipinski definition) is 6. The zero-order valence-corrected chi connectivity index (χ0v) is 13.4. The van der Waals surface area contributed by atoms with Crippen molar-refractivity contribution >= 4 is 23.6 Å². The number of unbranched alkanes of at least 4 members (excludes halogenated alkanes) is 1. The molecule has 1 fully saturated rings. The maximum Gasteiger partial charge on any atom is 0.320 e. The molecule has 1 rings (SSSR count). The number of amides is 1. The summed E-state index contributed by atoms with van der Waals surface area (Å²) < 4.78 is 0. The standard InChI is InChI=1S/C6H14N2O2.C4H7N3O.C3H6O/c7-4-2-1-3-5(8)6(9)10;1-7-2-3(8)6-4(7)5;1-3(2)4/h5H,1-4,7-8H2,(H,9,10);2H2,1H3,(H2,5,6,8);1-2H3/t5-;;/m0../s1.